The normalized spacial score (nSPS) is 13.5. The molecule has 1 amide bonds. The van der Waals surface area contributed by atoms with Crippen LogP contribution in [0.3, 0.4) is 0 Å². The predicted octanol–water partition coefficient (Wildman–Crippen LogP) is 2.19. The van der Waals surface area contributed by atoms with Gasteiger partial charge in [0, 0.05) is 12.4 Å². The fourth-order valence-corrected chi connectivity index (χ4v) is 2.86. The van der Waals surface area contributed by atoms with Crippen LogP contribution >= 0.6 is 0 Å². The third-order valence-corrected chi connectivity index (χ3v) is 8.48. The molecule has 122 valence electrons. The number of rotatable bonds is 6. The number of hydrogen-bond acceptors (Lipinski definition) is 5. The number of carbonyl (C=O) groups is 2. The molecule has 1 aromatic heterocycles. The Morgan fingerprint density at radius 2 is 1.82 bits per heavy atom. The fourth-order valence-electron chi connectivity index (χ4n) is 1.49. The summed E-state index contributed by atoms with van der Waals surface area (Å²) < 4.78 is 6.01. The van der Waals surface area contributed by atoms with E-state index in [0.717, 1.165) is 0 Å². The van der Waals surface area contributed by atoms with Crippen LogP contribution in [0.25, 0.3) is 0 Å². The van der Waals surface area contributed by atoms with Gasteiger partial charge in [0.25, 0.3) is 5.91 Å². The summed E-state index contributed by atoms with van der Waals surface area (Å²) in [5, 5.41) is 2.56. The molecule has 7 heteroatoms. The Labute approximate surface area is 132 Å². The third-order valence-electron chi connectivity index (χ3n) is 3.92. The molecule has 0 saturated carbocycles. The highest BCUT2D eigenvalue weighted by Crippen LogP contribution is 2.37. The molecular formula is C15H25N3O3Si. The zero-order chi connectivity index (χ0) is 17.0. The second kappa shape index (κ2) is 7.10. The highest BCUT2D eigenvalue weighted by Gasteiger charge is 2.39. The lowest BCUT2D eigenvalue weighted by Crippen LogP contribution is -2.47. The van der Waals surface area contributed by atoms with Crippen molar-refractivity contribution < 1.29 is 14.0 Å². The number of aromatic nitrogens is 2. The minimum atomic E-state index is -2.01. The Balaban J connectivity index is 2.54. The highest BCUT2D eigenvalue weighted by atomic mass is 28.4. The third kappa shape index (κ3) is 4.99. The van der Waals surface area contributed by atoms with E-state index < -0.39 is 20.3 Å². The monoisotopic (exact) mass is 323 g/mol. The number of ketones is 1. The Morgan fingerprint density at radius 3 is 2.32 bits per heavy atom. The molecule has 1 rings (SSSR count). The quantitative estimate of drug-likeness (QED) is 0.812. The Hall–Kier alpha value is -1.60. The molecular weight excluding hydrogens is 298 g/mol. The molecule has 0 bridgehead atoms. The van der Waals surface area contributed by atoms with Gasteiger partial charge in [0.2, 0.25) is 5.82 Å². The van der Waals surface area contributed by atoms with Gasteiger partial charge in [0.15, 0.2) is 14.1 Å². The first kappa shape index (κ1) is 18.4. The van der Waals surface area contributed by atoms with Crippen LogP contribution in [0.15, 0.2) is 18.5 Å². The van der Waals surface area contributed by atoms with E-state index in [1.165, 1.54) is 12.4 Å². The SMILES string of the molecule is C[C@@H](O[Si](C)(C)C(C)(C)C)C(=O)CNC(=O)c1ncccn1. The number of Topliss-reactive ketones (excluding diaryl/α,β-unsaturated/α-hetero) is 1. The molecule has 1 atom stereocenters. The second-order valence-corrected chi connectivity index (χ2v) is 11.5. The minimum Gasteiger partial charge on any atom is -0.407 e. The molecule has 1 heterocycles. The number of nitrogens with zero attached hydrogens (tertiary/aromatic N) is 2. The van der Waals surface area contributed by atoms with E-state index in [2.05, 4.69) is 49.1 Å². The summed E-state index contributed by atoms with van der Waals surface area (Å²) in [6, 6.07) is 1.62. The van der Waals surface area contributed by atoms with Crippen LogP contribution in [-0.2, 0) is 9.22 Å². The fraction of sp³-hybridized carbons (Fsp3) is 0.600. The molecule has 0 aromatic carbocycles. The van der Waals surface area contributed by atoms with Crippen LogP contribution < -0.4 is 5.32 Å². The summed E-state index contributed by atoms with van der Waals surface area (Å²) in [6.45, 7) is 12.2. The largest absolute Gasteiger partial charge is 0.407 e. The van der Waals surface area contributed by atoms with Crippen molar-refractivity contribution in [2.75, 3.05) is 6.54 Å². The van der Waals surface area contributed by atoms with Crippen molar-refractivity contribution >= 4 is 20.0 Å². The van der Waals surface area contributed by atoms with Gasteiger partial charge >= 0.3 is 0 Å². The summed E-state index contributed by atoms with van der Waals surface area (Å²) in [6.07, 6.45) is 2.41. The zero-order valence-corrected chi connectivity index (χ0v) is 15.1. The van der Waals surface area contributed by atoms with Crippen LogP contribution in [0, 0.1) is 0 Å². The van der Waals surface area contributed by atoms with Crippen LogP contribution in [0.4, 0.5) is 0 Å². The van der Waals surface area contributed by atoms with E-state index in [1.807, 2.05) is 0 Å². The first-order chi connectivity index (χ1) is 10.0. The van der Waals surface area contributed by atoms with E-state index in [1.54, 1.807) is 13.0 Å². The van der Waals surface area contributed by atoms with Crippen molar-refractivity contribution in [3.63, 3.8) is 0 Å². The first-order valence-electron chi connectivity index (χ1n) is 7.30. The topological polar surface area (TPSA) is 81.2 Å². The average molecular weight is 323 g/mol. The lowest BCUT2D eigenvalue weighted by Gasteiger charge is -2.38. The maximum atomic E-state index is 12.1. The van der Waals surface area contributed by atoms with Crippen molar-refractivity contribution in [1.82, 2.24) is 15.3 Å². The average Bonchev–Trinajstić information content (AvgIpc) is 2.43. The van der Waals surface area contributed by atoms with Crippen LogP contribution in [-0.4, -0.2) is 42.6 Å². The molecule has 6 nitrogen and oxygen atoms in total. The summed E-state index contributed by atoms with van der Waals surface area (Å²) in [5.74, 6) is -0.573. The van der Waals surface area contributed by atoms with Gasteiger partial charge in [0.05, 0.1) is 6.54 Å². The Kier molecular flexibility index (Phi) is 5.96. The van der Waals surface area contributed by atoms with Crippen molar-refractivity contribution in [3.8, 4) is 0 Å². The van der Waals surface area contributed by atoms with Crippen molar-refractivity contribution in [1.29, 1.82) is 0 Å². The lowest BCUT2D eigenvalue weighted by atomic mass is 10.2. The lowest BCUT2D eigenvalue weighted by molar-refractivity contribution is -0.124. The molecule has 0 unspecified atom stereocenters. The van der Waals surface area contributed by atoms with E-state index in [0.29, 0.717) is 0 Å². The van der Waals surface area contributed by atoms with Gasteiger partial charge in [0.1, 0.15) is 6.10 Å². The van der Waals surface area contributed by atoms with E-state index in [9.17, 15) is 9.59 Å². The van der Waals surface area contributed by atoms with Gasteiger partial charge in [-0.1, -0.05) is 20.8 Å². The van der Waals surface area contributed by atoms with Crippen molar-refractivity contribution in [3.05, 3.63) is 24.3 Å². The number of nitrogens with one attached hydrogen (secondary N) is 1. The minimum absolute atomic E-state index is 0.0304. The molecule has 0 aliphatic rings. The molecule has 1 aromatic rings. The van der Waals surface area contributed by atoms with Gasteiger partial charge < -0.3 is 9.74 Å². The smallest absolute Gasteiger partial charge is 0.289 e. The second-order valence-electron chi connectivity index (χ2n) is 6.74. The van der Waals surface area contributed by atoms with Gasteiger partial charge in [-0.3, -0.25) is 9.59 Å². The van der Waals surface area contributed by atoms with Gasteiger partial charge in [-0.25, -0.2) is 9.97 Å². The summed E-state index contributed by atoms with van der Waals surface area (Å²) in [4.78, 5) is 31.6. The van der Waals surface area contributed by atoms with E-state index >= 15 is 0 Å². The Bertz CT molecular complexity index is 527. The van der Waals surface area contributed by atoms with E-state index in [4.69, 9.17) is 4.43 Å². The molecule has 0 aliphatic carbocycles. The maximum Gasteiger partial charge on any atom is 0.289 e. The molecule has 0 fully saturated rings. The van der Waals surface area contributed by atoms with Crippen LogP contribution in [0.2, 0.25) is 18.1 Å². The van der Waals surface area contributed by atoms with Gasteiger partial charge in [-0.05, 0) is 31.1 Å². The Morgan fingerprint density at radius 1 is 1.27 bits per heavy atom. The van der Waals surface area contributed by atoms with Gasteiger partial charge in [-0.2, -0.15) is 0 Å². The summed E-state index contributed by atoms with van der Waals surface area (Å²) in [7, 11) is -2.01. The van der Waals surface area contributed by atoms with Crippen molar-refractivity contribution in [2.45, 2.75) is 51.9 Å². The summed E-state index contributed by atoms with van der Waals surface area (Å²) in [5.41, 5.74) is 0. The zero-order valence-electron chi connectivity index (χ0n) is 14.1. The number of hydrogen-bond donors (Lipinski definition) is 1. The molecule has 0 saturated heterocycles. The highest BCUT2D eigenvalue weighted by molar-refractivity contribution is 6.74. The van der Waals surface area contributed by atoms with Gasteiger partial charge in [-0.15, -0.1) is 0 Å². The standard InChI is InChI=1S/C15H25N3O3Si/c1-11(21-22(5,6)15(2,3)4)12(19)10-18-14(20)13-16-8-7-9-17-13/h7-9,11H,10H2,1-6H3,(H,18,20)/t11-/m1/s1. The predicted molar refractivity (Wildman–Crippen MR) is 87.1 cm³/mol. The molecule has 0 spiro atoms. The summed E-state index contributed by atoms with van der Waals surface area (Å²) >= 11 is 0. The number of amides is 1. The number of carbonyl (C=O) groups excluding carboxylic acids is 2. The molecule has 0 radical (unpaired) electrons. The van der Waals surface area contributed by atoms with Crippen molar-refractivity contribution in [2.24, 2.45) is 0 Å². The van der Waals surface area contributed by atoms with E-state index in [-0.39, 0.29) is 23.2 Å². The van der Waals surface area contributed by atoms with Crippen LogP contribution in [0.5, 0.6) is 0 Å². The maximum absolute atomic E-state index is 12.1. The first-order valence-corrected chi connectivity index (χ1v) is 10.2. The molecule has 1 N–H and O–H groups in total. The molecule has 22 heavy (non-hydrogen) atoms. The molecule has 0 aliphatic heterocycles. The van der Waals surface area contributed by atoms with Crippen LogP contribution in [0.1, 0.15) is 38.3 Å².